The van der Waals surface area contributed by atoms with E-state index in [1.54, 1.807) is 12.1 Å². The van der Waals surface area contributed by atoms with Crippen LogP contribution in [0.5, 0.6) is 0 Å². The predicted molar refractivity (Wildman–Crippen MR) is 85.5 cm³/mol. The lowest BCUT2D eigenvalue weighted by Crippen LogP contribution is -2.48. The van der Waals surface area contributed by atoms with E-state index in [2.05, 4.69) is 0 Å². The normalized spacial score (nSPS) is 18.4. The van der Waals surface area contributed by atoms with Crippen LogP contribution < -0.4 is 0 Å². The molecule has 0 aliphatic carbocycles. The van der Waals surface area contributed by atoms with E-state index in [4.69, 9.17) is 0 Å². The van der Waals surface area contributed by atoms with Crippen LogP contribution in [0.2, 0.25) is 0 Å². The molecule has 0 saturated carbocycles. The summed E-state index contributed by atoms with van der Waals surface area (Å²) in [5, 5.41) is 9.48. The molecule has 0 amide bonds. The molecule has 3 rings (SSSR count). The van der Waals surface area contributed by atoms with Gasteiger partial charge < -0.3 is 5.11 Å². The molecule has 0 radical (unpaired) electrons. The first kappa shape index (κ1) is 15.7. The Kier molecular flexibility index (Phi) is 3.95. The van der Waals surface area contributed by atoms with E-state index in [1.165, 1.54) is 12.1 Å². The summed E-state index contributed by atoms with van der Waals surface area (Å²) in [5.74, 6) is -1.13. The molecule has 0 fully saturated rings. The molecule has 0 saturated heterocycles. The van der Waals surface area contributed by atoms with Gasteiger partial charge in [0.15, 0.2) is 0 Å². The quantitative estimate of drug-likeness (QED) is 0.935. The highest BCUT2D eigenvalue weighted by atomic mass is 32.2. The number of benzene rings is 2. The zero-order chi connectivity index (χ0) is 16.6. The second kappa shape index (κ2) is 5.79. The molecule has 1 atom stereocenters. The van der Waals surface area contributed by atoms with Gasteiger partial charge in [-0.1, -0.05) is 42.0 Å². The lowest BCUT2D eigenvalue weighted by atomic mass is 9.96. The third kappa shape index (κ3) is 2.87. The fourth-order valence-corrected chi connectivity index (χ4v) is 4.37. The van der Waals surface area contributed by atoms with E-state index in [0.717, 1.165) is 21.0 Å². The van der Waals surface area contributed by atoms with Gasteiger partial charge in [-0.2, -0.15) is 4.31 Å². The van der Waals surface area contributed by atoms with E-state index in [0.29, 0.717) is 0 Å². The number of carbonyl (C=O) groups is 1. The minimum atomic E-state index is -3.86. The number of nitrogens with zero attached hydrogens (tertiary/aromatic N) is 1. The molecule has 1 heterocycles. The van der Waals surface area contributed by atoms with Gasteiger partial charge >= 0.3 is 5.97 Å². The van der Waals surface area contributed by atoms with Gasteiger partial charge in [0, 0.05) is 13.0 Å². The maximum absolute atomic E-state index is 12.9. The first-order valence-corrected chi connectivity index (χ1v) is 8.72. The smallest absolute Gasteiger partial charge is 0.322 e. The second-order valence-electron chi connectivity index (χ2n) is 5.69. The molecule has 0 bridgehead atoms. The SMILES string of the molecule is Cc1ccc(S(=O)(=O)N2Cc3ccccc3CC2C(=O)O)cc1. The average molecular weight is 331 g/mol. The third-order valence-electron chi connectivity index (χ3n) is 4.12. The predicted octanol–water partition coefficient (Wildman–Crippen LogP) is 2.20. The zero-order valence-electron chi connectivity index (χ0n) is 12.6. The first-order chi connectivity index (χ1) is 10.9. The minimum Gasteiger partial charge on any atom is -0.480 e. The summed E-state index contributed by atoms with van der Waals surface area (Å²) in [7, 11) is -3.86. The number of aliphatic carboxylic acids is 1. The Morgan fingerprint density at radius 2 is 1.70 bits per heavy atom. The van der Waals surface area contributed by atoms with Crippen molar-refractivity contribution in [2.45, 2.75) is 30.8 Å². The lowest BCUT2D eigenvalue weighted by Gasteiger charge is -2.33. The first-order valence-electron chi connectivity index (χ1n) is 7.27. The third-order valence-corrected chi connectivity index (χ3v) is 5.99. The molecule has 1 aliphatic heterocycles. The molecule has 1 unspecified atom stereocenters. The van der Waals surface area contributed by atoms with Gasteiger partial charge in [-0.25, -0.2) is 8.42 Å². The summed E-state index contributed by atoms with van der Waals surface area (Å²) in [4.78, 5) is 11.7. The van der Waals surface area contributed by atoms with Crippen molar-refractivity contribution >= 4 is 16.0 Å². The number of hydrogen-bond acceptors (Lipinski definition) is 3. The molecule has 2 aromatic rings. The van der Waals surface area contributed by atoms with Crippen LogP contribution in [-0.2, 0) is 27.8 Å². The number of sulfonamides is 1. The van der Waals surface area contributed by atoms with Crippen molar-refractivity contribution < 1.29 is 18.3 Å². The fraction of sp³-hybridized carbons (Fsp3) is 0.235. The molecule has 2 aromatic carbocycles. The minimum absolute atomic E-state index is 0.0728. The Labute approximate surface area is 135 Å². The Hall–Kier alpha value is -2.18. The van der Waals surface area contributed by atoms with Crippen molar-refractivity contribution in [3.05, 3.63) is 65.2 Å². The number of carboxylic acid groups (broad SMARTS) is 1. The van der Waals surface area contributed by atoms with E-state index in [1.807, 2.05) is 31.2 Å². The summed E-state index contributed by atoms with van der Waals surface area (Å²) in [6.07, 6.45) is 0.177. The van der Waals surface area contributed by atoms with Crippen LogP contribution in [0.4, 0.5) is 0 Å². The topological polar surface area (TPSA) is 74.7 Å². The van der Waals surface area contributed by atoms with Crippen LogP contribution in [0.25, 0.3) is 0 Å². The van der Waals surface area contributed by atoms with Crippen LogP contribution in [0, 0.1) is 6.92 Å². The molecule has 5 nitrogen and oxygen atoms in total. The Morgan fingerprint density at radius 1 is 1.09 bits per heavy atom. The van der Waals surface area contributed by atoms with Crippen molar-refractivity contribution in [1.29, 1.82) is 0 Å². The van der Waals surface area contributed by atoms with Crippen LogP contribution in [0.1, 0.15) is 16.7 Å². The fourth-order valence-electron chi connectivity index (χ4n) is 2.81. The van der Waals surface area contributed by atoms with Gasteiger partial charge in [-0.05, 0) is 30.2 Å². The summed E-state index contributed by atoms with van der Waals surface area (Å²) in [5.41, 5.74) is 2.68. The molecule has 1 aliphatic rings. The second-order valence-corrected chi connectivity index (χ2v) is 7.58. The van der Waals surface area contributed by atoms with Gasteiger partial charge in [0.1, 0.15) is 6.04 Å². The van der Waals surface area contributed by atoms with Crippen molar-refractivity contribution in [3.8, 4) is 0 Å². The number of aryl methyl sites for hydroxylation is 1. The van der Waals surface area contributed by atoms with Crippen molar-refractivity contribution in [1.82, 2.24) is 4.31 Å². The summed E-state index contributed by atoms with van der Waals surface area (Å²) in [6, 6.07) is 12.7. The molecule has 23 heavy (non-hydrogen) atoms. The van der Waals surface area contributed by atoms with E-state index >= 15 is 0 Å². The molecular formula is C17H17NO4S. The Morgan fingerprint density at radius 3 is 2.30 bits per heavy atom. The largest absolute Gasteiger partial charge is 0.480 e. The maximum atomic E-state index is 12.9. The molecule has 6 heteroatoms. The maximum Gasteiger partial charge on any atom is 0.322 e. The molecule has 0 spiro atoms. The number of fused-ring (bicyclic) bond motifs is 1. The molecule has 1 N–H and O–H groups in total. The average Bonchev–Trinajstić information content (AvgIpc) is 2.54. The molecule has 0 aromatic heterocycles. The van der Waals surface area contributed by atoms with Crippen molar-refractivity contribution in [2.24, 2.45) is 0 Å². The Bertz CT molecular complexity index is 843. The van der Waals surface area contributed by atoms with Crippen LogP contribution in [-0.4, -0.2) is 29.8 Å². The van der Waals surface area contributed by atoms with E-state index < -0.39 is 22.0 Å². The van der Waals surface area contributed by atoms with Crippen LogP contribution in [0.3, 0.4) is 0 Å². The summed E-state index contributed by atoms with van der Waals surface area (Å²) in [6.45, 7) is 1.94. The molecule has 120 valence electrons. The van der Waals surface area contributed by atoms with Gasteiger partial charge in [0.2, 0.25) is 10.0 Å². The highest BCUT2D eigenvalue weighted by Gasteiger charge is 2.39. The highest BCUT2D eigenvalue weighted by Crippen LogP contribution is 2.29. The van der Waals surface area contributed by atoms with Gasteiger partial charge in [0.25, 0.3) is 0 Å². The van der Waals surface area contributed by atoms with Crippen molar-refractivity contribution in [2.75, 3.05) is 0 Å². The highest BCUT2D eigenvalue weighted by molar-refractivity contribution is 7.89. The standard InChI is InChI=1S/C17H17NO4S/c1-12-6-8-15(9-7-12)23(21,22)18-11-14-5-3-2-4-13(14)10-16(18)17(19)20/h2-9,16H,10-11H2,1H3,(H,19,20). The van der Waals surface area contributed by atoms with E-state index in [9.17, 15) is 18.3 Å². The lowest BCUT2D eigenvalue weighted by molar-refractivity contribution is -0.141. The van der Waals surface area contributed by atoms with Crippen LogP contribution >= 0.6 is 0 Å². The molecular weight excluding hydrogens is 314 g/mol. The van der Waals surface area contributed by atoms with Gasteiger partial charge in [0.05, 0.1) is 4.90 Å². The van der Waals surface area contributed by atoms with Gasteiger partial charge in [-0.15, -0.1) is 0 Å². The Balaban J connectivity index is 2.05. The number of rotatable bonds is 3. The monoisotopic (exact) mass is 331 g/mol. The number of carboxylic acids is 1. The summed E-state index contributed by atoms with van der Waals surface area (Å²) >= 11 is 0. The van der Waals surface area contributed by atoms with Gasteiger partial charge in [-0.3, -0.25) is 4.79 Å². The van der Waals surface area contributed by atoms with Crippen molar-refractivity contribution in [3.63, 3.8) is 0 Å². The van der Waals surface area contributed by atoms with E-state index in [-0.39, 0.29) is 17.9 Å². The number of hydrogen-bond donors (Lipinski definition) is 1. The zero-order valence-corrected chi connectivity index (χ0v) is 13.5. The summed E-state index contributed by atoms with van der Waals surface area (Å²) < 4.78 is 26.9. The van der Waals surface area contributed by atoms with Crippen LogP contribution in [0.15, 0.2) is 53.4 Å².